The van der Waals surface area contributed by atoms with Gasteiger partial charge < -0.3 is 4.55 Å². The molecule has 0 radical (unpaired) electrons. The number of anilines is 1. The van der Waals surface area contributed by atoms with Crippen molar-refractivity contribution in [3.05, 3.63) is 57.8 Å². The summed E-state index contributed by atoms with van der Waals surface area (Å²) >= 11 is 9.23. The van der Waals surface area contributed by atoms with Crippen LogP contribution in [0.4, 0.5) is 10.1 Å². The zero-order chi connectivity index (χ0) is 17.2. The van der Waals surface area contributed by atoms with Crippen LogP contribution in [0.1, 0.15) is 5.56 Å². The zero-order valence-corrected chi connectivity index (χ0v) is 14.4. The van der Waals surface area contributed by atoms with E-state index in [1.54, 1.807) is 0 Å². The van der Waals surface area contributed by atoms with Gasteiger partial charge in [-0.05, 0) is 35.9 Å². The Hall–Kier alpha value is -1.19. The Labute approximate surface area is 144 Å². The Morgan fingerprint density at radius 3 is 2.35 bits per heavy atom. The van der Waals surface area contributed by atoms with Crippen LogP contribution in [0.3, 0.4) is 0 Å². The molecule has 0 aliphatic carbocycles. The summed E-state index contributed by atoms with van der Waals surface area (Å²) in [5, 5.41) is 0.271. The molecule has 1 unspecified atom stereocenters. The van der Waals surface area contributed by atoms with Crippen LogP contribution in [0.25, 0.3) is 0 Å². The van der Waals surface area contributed by atoms with E-state index in [0.717, 1.165) is 12.1 Å². The minimum Gasteiger partial charge on any atom is -0.306 e. The van der Waals surface area contributed by atoms with E-state index in [-0.39, 0.29) is 27.0 Å². The van der Waals surface area contributed by atoms with Gasteiger partial charge in [0.25, 0.3) is 10.0 Å². The highest BCUT2D eigenvalue weighted by atomic mass is 35.5. The van der Waals surface area contributed by atoms with Crippen molar-refractivity contribution in [2.45, 2.75) is 10.6 Å². The lowest BCUT2D eigenvalue weighted by Gasteiger charge is -2.13. The Morgan fingerprint density at radius 2 is 1.74 bits per heavy atom. The molecule has 124 valence electrons. The summed E-state index contributed by atoms with van der Waals surface area (Å²) in [4.78, 5) is -0.599. The van der Waals surface area contributed by atoms with Crippen LogP contribution < -0.4 is 4.72 Å². The van der Waals surface area contributed by atoms with E-state index in [2.05, 4.69) is 4.72 Å². The minimum absolute atomic E-state index is 0.00532. The van der Waals surface area contributed by atoms with Gasteiger partial charge in [-0.3, -0.25) is 4.72 Å². The maximum atomic E-state index is 13.8. The molecule has 1 atom stereocenters. The van der Waals surface area contributed by atoms with Gasteiger partial charge in [-0.2, -0.15) is 0 Å². The molecule has 0 aromatic heterocycles. The van der Waals surface area contributed by atoms with E-state index >= 15 is 0 Å². The first kappa shape index (κ1) is 18.2. The summed E-state index contributed by atoms with van der Waals surface area (Å²) in [6.45, 7) is 0. The fourth-order valence-electron chi connectivity index (χ4n) is 1.80. The molecule has 2 aromatic rings. The summed E-state index contributed by atoms with van der Waals surface area (Å²) in [6.07, 6.45) is 0. The molecule has 2 N–H and O–H groups in total. The average molecular weight is 398 g/mol. The predicted octanol–water partition coefficient (Wildman–Crippen LogP) is 3.66. The lowest BCUT2D eigenvalue weighted by molar-refractivity contribution is 0.562. The summed E-state index contributed by atoms with van der Waals surface area (Å²) < 4.78 is 60.5. The normalized spacial score (nSPS) is 12.9. The number of benzene rings is 2. The molecular formula is C13H10Cl2FNO4S2. The van der Waals surface area contributed by atoms with Crippen LogP contribution >= 0.6 is 23.2 Å². The number of hydrogen-bond acceptors (Lipinski definition) is 3. The molecule has 0 fully saturated rings. The quantitative estimate of drug-likeness (QED) is 0.754. The molecule has 0 heterocycles. The van der Waals surface area contributed by atoms with E-state index in [9.17, 15) is 17.0 Å². The van der Waals surface area contributed by atoms with Crippen molar-refractivity contribution in [2.24, 2.45) is 0 Å². The fourth-order valence-corrected chi connectivity index (χ4v) is 3.80. The van der Waals surface area contributed by atoms with Crippen LogP contribution in [-0.4, -0.2) is 17.2 Å². The molecule has 0 aliphatic rings. The molecule has 23 heavy (non-hydrogen) atoms. The summed E-state index contributed by atoms with van der Waals surface area (Å²) in [5.41, 5.74) is 0.238. The third-order valence-corrected chi connectivity index (χ3v) is 5.21. The second kappa shape index (κ2) is 7.14. The number of nitrogens with one attached hydrogen (secondary N) is 1. The third-order valence-electron chi connectivity index (χ3n) is 2.78. The van der Waals surface area contributed by atoms with E-state index < -0.39 is 31.8 Å². The molecule has 2 aromatic carbocycles. The Balaban J connectivity index is 2.44. The fraction of sp³-hybridized carbons (Fsp3) is 0.0769. The third kappa shape index (κ3) is 4.65. The van der Waals surface area contributed by atoms with Gasteiger partial charge in [0.15, 0.2) is 11.1 Å². The molecule has 0 saturated heterocycles. The molecule has 0 spiro atoms. The van der Waals surface area contributed by atoms with Gasteiger partial charge in [-0.1, -0.05) is 29.3 Å². The predicted molar refractivity (Wildman–Crippen MR) is 88.1 cm³/mol. The van der Waals surface area contributed by atoms with E-state index in [0.29, 0.717) is 0 Å². The van der Waals surface area contributed by atoms with Gasteiger partial charge in [0.05, 0.1) is 11.4 Å². The van der Waals surface area contributed by atoms with Crippen LogP contribution in [-0.2, 0) is 26.9 Å². The van der Waals surface area contributed by atoms with Crippen LogP contribution in [0, 0.1) is 5.82 Å². The largest absolute Gasteiger partial charge is 0.306 e. The van der Waals surface area contributed by atoms with Gasteiger partial charge in [0.2, 0.25) is 0 Å². The van der Waals surface area contributed by atoms with Crippen molar-refractivity contribution < 1.29 is 21.6 Å². The summed E-state index contributed by atoms with van der Waals surface area (Å²) in [7, 11) is -4.26. The highest BCUT2D eigenvalue weighted by Crippen LogP contribution is 2.26. The number of sulfonamides is 1. The van der Waals surface area contributed by atoms with Crippen molar-refractivity contribution in [3.8, 4) is 0 Å². The van der Waals surface area contributed by atoms with Gasteiger partial charge in [-0.15, -0.1) is 0 Å². The molecule has 0 amide bonds. The smallest absolute Gasteiger partial charge is 0.264 e. The van der Waals surface area contributed by atoms with Crippen molar-refractivity contribution in [1.29, 1.82) is 0 Å². The zero-order valence-electron chi connectivity index (χ0n) is 11.3. The second-order valence-corrected chi connectivity index (χ2v) is 7.90. The van der Waals surface area contributed by atoms with Crippen LogP contribution in [0.5, 0.6) is 0 Å². The molecule has 0 saturated carbocycles. The summed E-state index contributed by atoms with van der Waals surface area (Å²) in [6, 6.07) is 7.26. The van der Waals surface area contributed by atoms with Crippen molar-refractivity contribution >= 4 is 50.0 Å². The highest BCUT2D eigenvalue weighted by molar-refractivity contribution is 7.92. The Kier molecular flexibility index (Phi) is 5.64. The standard InChI is InChI=1S/C13H10Cl2FNO4S2/c14-9-3-4-13(11(16)5-9)23(20,21)17-12-6-10(15)2-1-8(12)7-22(18)19/h1-6,17H,7H2,(H,18,19). The van der Waals surface area contributed by atoms with E-state index in [1.165, 1.54) is 24.3 Å². The first-order valence-corrected chi connectivity index (χ1v) is 9.54. The summed E-state index contributed by atoms with van der Waals surface area (Å²) in [5.74, 6) is -1.32. The number of halogens is 3. The lowest BCUT2D eigenvalue weighted by Crippen LogP contribution is -2.16. The molecule has 0 bridgehead atoms. The first-order valence-electron chi connectivity index (χ1n) is 6.03. The van der Waals surface area contributed by atoms with Gasteiger partial charge in [-0.25, -0.2) is 17.0 Å². The monoisotopic (exact) mass is 397 g/mol. The van der Waals surface area contributed by atoms with Crippen molar-refractivity contribution in [1.82, 2.24) is 0 Å². The number of rotatable bonds is 5. The maximum Gasteiger partial charge on any atom is 0.264 e. The van der Waals surface area contributed by atoms with E-state index in [1.807, 2.05) is 0 Å². The highest BCUT2D eigenvalue weighted by Gasteiger charge is 2.21. The molecule has 0 aliphatic heterocycles. The van der Waals surface area contributed by atoms with Crippen molar-refractivity contribution in [3.63, 3.8) is 0 Å². The van der Waals surface area contributed by atoms with Gasteiger partial charge in [0, 0.05) is 10.0 Å². The van der Waals surface area contributed by atoms with Crippen molar-refractivity contribution in [2.75, 3.05) is 4.72 Å². The molecule has 10 heteroatoms. The van der Waals surface area contributed by atoms with Crippen LogP contribution in [0.15, 0.2) is 41.3 Å². The van der Waals surface area contributed by atoms with E-state index in [4.69, 9.17) is 27.8 Å². The molecular weight excluding hydrogens is 388 g/mol. The topological polar surface area (TPSA) is 83.5 Å². The average Bonchev–Trinajstić information content (AvgIpc) is 2.40. The Bertz CT molecular complexity index is 874. The SMILES string of the molecule is O=S(O)Cc1ccc(Cl)cc1NS(=O)(=O)c1ccc(Cl)cc1F. The maximum absolute atomic E-state index is 13.8. The number of hydrogen-bond donors (Lipinski definition) is 2. The minimum atomic E-state index is -4.26. The lowest BCUT2D eigenvalue weighted by atomic mass is 10.2. The van der Waals surface area contributed by atoms with Gasteiger partial charge in [0.1, 0.15) is 10.7 Å². The Morgan fingerprint density at radius 1 is 1.13 bits per heavy atom. The molecule has 5 nitrogen and oxygen atoms in total. The van der Waals surface area contributed by atoms with Gasteiger partial charge >= 0.3 is 0 Å². The van der Waals surface area contributed by atoms with Crippen LogP contribution in [0.2, 0.25) is 10.0 Å². The second-order valence-electron chi connectivity index (χ2n) is 4.45. The molecule has 2 rings (SSSR count). The first-order chi connectivity index (χ1) is 10.7.